The van der Waals surface area contributed by atoms with Gasteiger partial charge in [-0.3, -0.25) is 4.79 Å². The molecule has 3 rings (SSSR count). The van der Waals surface area contributed by atoms with Gasteiger partial charge in [0.15, 0.2) is 5.13 Å². The van der Waals surface area contributed by atoms with Crippen molar-refractivity contribution in [1.29, 1.82) is 0 Å². The topological polar surface area (TPSA) is 105 Å². The van der Waals surface area contributed by atoms with Crippen LogP contribution in [0.1, 0.15) is 16.9 Å². The number of aryl methyl sites for hydroxylation is 1. The average molecular weight is 435 g/mol. The molecule has 0 saturated carbocycles. The van der Waals surface area contributed by atoms with Crippen molar-refractivity contribution < 1.29 is 14.3 Å². The van der Waals surface area contributed by atoms with Gasteiger partial charge in [0.1, 0.15) is 0 Å². The predicted molar refractivity (Wildman–Crippen MR) is 114 cm³/mol. The number of benzene rings is 2. The number of nitrogens with one attached hydrogen (secondary N) is 1. The Balaban J connectivity index is 1.62. The van der Waals surface area contributed by atoms with Crippen molar-refractivity contribution in [2.75, 3.05) is 11.1 Å². The number of nitrogen functional groups attached to an aromatic ring is 1. The molecule has 0 bridgehead atoms. The maximum atomic E-state index is 12.3. The van der Waals surface area contributed by atoms with Crippen molar-refractivity contribution in [3.05, 3.63) is 64.0 Å². The number of carbonyl (C=O) groups is 1. The number of carbonyl (C=O) groups excluding carboxylic acids is 1. The fourth-order valence-electron chi connectivity index (χ4n) is 2.67. The van der Waals surface area contributed by atoms with Crippen LogP contribution >= 0.6 is 31.0 Å². The van der Waals surface area contributed by atoms with Crippen molar-refractivity contribution in [3.8, 4) is 11.3 Å². The Morgan fingerprint density at radius 1 is 1.18 bits per heavy atom. The molecule has 144 valence electrons. The minimum atomic E-state index is -2.22. The van der Waals surface area contributed by atoms with E-state index in [-0.39, 0.29) is 18.5 Å². The van der Waals surface area contributed by atoms with Crippen LogP contribution in [0.15, 0.2) is 48.5 Å². The molecule has 4 N–H and O–H groups in total. The van der Waals surface area contributed by atoms with Crippen LogP contribution in [0.4, 0.5) is 10.8 Å². The van der Waals surface area contributed by atoms with Crippen LogP contribution in [0, 0.1) is 0 Å². The van der Waals surface area contributed by atoms with Crippen molar-refractivity contribution in [2.45, 2.75) is 19.0 Å². The SMILES string of the molecule is Nc1nc(-c2ccc(Cl)cc2)c(CCC(=O)Nc2ccc(C[P+](=O)O)cc2)s1. The lowest BCUT2D eigenvalue weighted by molar-refractivity contribution is -0.116. The van der Waals surface area contributed by atoms with Crippen LogP contribution in [0.2, 0.25) is 5.02 Å². The first-order chi connectivity index (χ1) is 13.4. The lowest BCUT2D eigenvalue weighted by Gasteiger charge is -2.06. The van der Waals surface area contributed by atoms with E-state index < -0.39 is 8.03 Å². The van der Waals surface area contributed by atoms with Gasteiger partial charge in [-0.05, 0) is 35.3 Å². The molecule has 1 atom stereocenters. The Morgan fingerprint density at radius 3 is 2.50 bits per heavy atom. The second-order valence-corrected chi connectivity index (χ2v) is 8.66. The summed E-state index contributed by atoms with van der Waals surface area (Å²) in [4.78, 5) is 26.5. The number of anilines is 2. The summed E-state index contributed by atoms with van der Waals surface area (Å²) >= 11 is 7.31. The Hall–Kier alpha value is -2.31. The molecule has 1 unspecified atom stereocenters. The molecule has 9 heteroatoms. The fraction of sp³-hybridized carbons (Fsp3) is 0.158. The maximum absolute atomic E-state index is 12.3. The van der Waals surface area contributed by atoms with Gasteiger partial charge in [0.05, 0.1) is 5.69 Å². The van der Waals surface area contributed by atoms with E-state index in [0.29, 0.717) is 22.3 Å². The number of rotatable bonds is 7. The largest absolute Gasteiger partial charge is 0.510 e. The van der Waals surface area contributed by atoms with Gasteiger partial charge in [0.2, 0.25) is 12.1 Å². The third-order valence-electron chi connectivity index (χ3n) is 3.97. The molecule has 3 aromatic rings. The number of amides is 1. The fourth-order valence-corrected chi connectivity index (χ4v) is 4.18. The molecule has 0 fully saturated rings. The molecule has 0 aliphatic heterocycles. The van der Waals surface area contributed by atoms with Crippen LogP contribution < -0.4 is 11.1 Å². The lowest BCUT2D eigenvalue weighted by atomic mass is 10.1. The molecule has 6 nitrogen and oxygen atoms in total. The summed E-state index contributed by atoms with van der Waals surface area (Å²) in [5, 5.41) is 3.93. The molecular weight excluding hydrogens is 417 g/mol. The van der Waals surface area contributed by atoms with E-state index in [1.54, 1.807) is 36.4 Å². The van der Waals surface area contributed by atoms with Crippen molar-refractivity contribution in [2.24, 2.45) is 0 Å². The number of thiazole rings is 1. The van der Waals surface area contributed by atoms with Gasteiger partial charge >= 0.3 is 8.03 Å². The molecule has 0 aliphatic rings. The minimum absolute atomic E-state index is 0.101. The van der Waals surface area contributed by atoms with Crippen molar-refractivity contribution in [1.82, 2.24) is 4.98 Å². The summed E-state index contributed by atoms with van der Waals surface area (Å²) < 4.78 is 10.9. The monoisotopic (exact) mass is 434 g/mol. The molecule has 0 radical (unpaired) electrons. The molecule has 0 aliphatic carbocycles. The number of nitrogens with zero attached hydrogens (tertiary/aromatic N) is 1. The van der Waals surface area contributed by atoms with E-state index in [2.05, 4.69) is 10.3 Å². The van der Waals surface area contributed by atoms with Gasteiger partial charge in [-0.1, -0.05) is 35.9 Å². The van der Waals surface area contributed by atoms with Crippen LogP contribution in [-0.4, -0.2) is 15.8 Å². The number of aromatic nitrogens is 1. The summed E-state index contributed by atoms with van der Waals surface area (Å²) in [6, 6.07) is 14.2. The van der Waals surface area contributed by atoms with Crippen LogP contribution in [0.5, 0.6) is 0 Å². The number of hydrogen-bond donors (Lipinski definition) is 3. The van der Waals surface area contributed by atoms with E-state index in [9.17, 15) is 9.36 Å². The molecule has 0 spiro atoms. The Morgan fingerprint density at radius 2 is 1.86 bits per heavy atom. The Labute approximate surface area is 172 Å². The summed E-state index contributed by atoms with van der Waals surface area (Å²) in [7, 11) is -2.22. The zero-order valence-electron chi connectivity index (χ0n) is 14.8. The predicted octanol–water partition coefficient (Wildman–Crippen LogP) is 4.85. The molecule has 28 heavy (non-hydrogen) atoms. The van der Waals surface area contributed by atoms with Gasteiger partial charge in [-0.2, -0.15) is 4.89 Å². The molecule has 1 heterocycles. The van der Waals surface area contributed by atoms with Crippen molar-refractivity contribution in [3.63, 3.8) is 0 Å². The molecule has 0 saturated heterocycles. The summed E-state index contributed by atoms with van der Waals surface area (Å²) in [5.41, 5.74) is 8.93. The highest BCUT2D eigenvalue weighted by Crippen LogP contribution is 2.31. The number of hydrogen-bond acceptors (Lipinski definition) is 5. The van der Waals surface area contributed by atoms with Gasteiger partial charge in [0.25, 0.3) is 0 Å². The molecular formula is C19H18ClN3O3PS+. The molecule has 2 aromatic carbocycles. The lowest BCUT2D eigenvalue weighted by Crippen LogP contribution is -2.12. The first kappa shape index (κ1) is 20.4. The van der Waals surface area contributed by atoms with Gasteiger partial charge < -0.3 is 11.1 Å². The first-order valence-electron chi connectivity index (χ1n) is 8.44. The second-order valence-electron chi connectivity index (χ2n) is 6.09. The second kappa shape index (κ2) is 9.26. The smallest absolute Gasteiger partial charge is 0.375 e. The van der Waals surface area contributed by atoms with E-state index in [1.807, 2.05) is 12.1 Å². The normalized spacial score (nSPS) is 11.3. The van der Waals surface area contributed by atoms with Gasteiger partial charge in [0, 0.05) is 33.1 Å². The minimum Gasteiger partial charge on any atom is -0.375 e. The van der Waals surface area contributed by atoms with Gasteiger partial charge in [-0.15, -0.1) is 11.3 Å². The average Bonchev–Trinajstić information content (AvgIpc) is 3.02. The van der Waals surface area contributed by atoms with E-state index in [1.165, 1.54) is 11.3 Å². The zero-order valence-corrected chi connectivity index (χ0v) is 17.2. The third-order valence-corrected chi connectivity index (χ3v) is 5.80. The van der Waals surface area contributed by atoms with E-state index >= 15 is 0 Å². The Bertz CT molecular complexity index is 991. The van der Waals surface area contributed by atoms with Crippen molar-refractivity contribution >= 4 is 47.7 Å². The highest BCUT2D eigenvalue weighted by atomic mass is 35.5. The summed E-state index contributed by atoms with van der Waals surface area (Å²) in [6.07, 6.45) is 0.901. The van der Waals surface area contributed by atoms with Crippen LogP contribution in [0.3, 0.4) is 0 Å². The number of nitrogens with two attached hydrogens (primary N) is 1. The highest BCUT2D eigenvalue weighted by Gasteiger charge is 2.14. The highest BCUT2D eigenvalue weighted by molar-refractivity contribution is 7.37. The van der Waals surface area contributed by atoms with Crippen LogP contribution in [-0.2, 0) is 21.9 Å². The maximum Gasteiger partial charge on any atom is 0.510 e. The number of halogens is 1. The summed E-state index contributed by atoms with van der Waals surface area (Å²) in [6.45, 7) is 0. The van der Waals surface area contributed by atoms with E-state index in [0.717, 1.165) is 21.7 Å². The van der Waals surface area contributed by atoms with E-state index in [4.69, 9.17) is 22.2 Å². The quantitative estimate of drug-likeness (QED) is 0.461. The third kappa shape index (κ3) is 5.59. The molecule has 1 aromatic heterocycles. The molecule has 1 amide bonds. The first-order valence-corrected chi connectivity index (χ1v) is 11.0. The Kier molecular flexibility index (Phi) is 6.75. The summed E-state index contributed by atoms with van der Waals surface area (Å²) in [5.74, 6) is -0.130. The zero-order chi connectivity index (χ0) is 20.1. The standard InChI is InChI=1S/C19H17ClN3O3PS/c20-14-5-3-13(4-6-14)18-16(28-19(21)23-18)9-10-17(24)22-15-7-1-12(2-8-15)11-27(25)26/h1-8H,9-11H2,(H3-,21,22,23,24,25,26)/p+1. The van der Waals surface area contributed by atoms with Crippen LogP contribution in [0.25, 0.3) is 11.3 Å². The van der Waals surface area contributed by atoms with Gasteiger partial charge in [-0.25, -0.2) is 4.98 Å².